The van der Waals surface area contributed by atoms with Crippen LogP contribution in [0.3, 0.4) is 0 Å². The molecule has 0 saturated carbocycles. The molecule has 1 aromatic heterocycles. The molecule has 0 spiro atoms. The van der Waals surface area contributed by atoms with Crippen molar-refractivity contribution in [3.8, 4) is 0 Å². The van der Waals surface area contributed by atoms with Crippen LogP contribution in [0.2, 0.25) is 0 Å². The summed E-state index contributed by atoms with van der Waals surface area (Å²) in [5.74, 6) is 0.701. The first-order chi connectivity index (χ1) is 9.31. The lowest BCUT2D eigenvalue weighted by Gasteiger charge is -2.22. The summed E-state index contributed by atoms with van der Waals surface area (Å²) < 4.78 is 6.28. The second-order valence-electron chi connectivity index (χ2n) is 4.84. The van der Waals surface area contributed by atoms with Gasteiger partial charge in [0.2, 0.25) is 0 Å². The van der Waals surface area contributed by atoms with E-state index in [9.17, 15) is 0 Å². The number of hydrogen-bond acceptors (Lipinski definition) is 3. The zero-order valence-electron chi connectivity index (χ0n) is 10.6. The van der Waals surface area contributed by atoms with Gasteiger partial charge in [0, 0.05) is 25.1 Å². The number of hydrogen-bond donors (Lipinski definition) is 1. The maximum absolute atomic E-state index is 5.37. The fraction of sp³-hybridized carbons (Fsp3) is 0.400. The van der Waals surface area contributed by atoms with Crippen molar-refractivity contribution in [2.75, 3.05) is 25.1 Å². The zero-order valence-corrected chi connectivity index (χ0v) is 12.2. The molecule has 0 radical (unpaired) electrons. The molecule has 98 valence electrons. The molecular formula is C15H15BrN2O. The van der Waals surface area contributed by atoms with E-state index in [1.54, 1.807) is 0 Å². The standard InChI is InChI=1S/C15H15BrN2O/c16-13-1-2-15-12(7-13)8-14(10-18-15)17-9-11-3-5-19-6-4-11/h7-8,10-11,17H,3-6,9H2. The molecule has 0 bridgehead atoms. The molecule has 3 rings (SSSR count). The average Bonchev–Trinajstić information content (AvgIpc) is 2.46. The lowest BCUT2D eigenvalue weighted by molar-refractivity contribution is 0.0699. The van der Waals surface area contributed by atoms with E-state index < -0.39 is 0 Å². The smallest absolute Gasteiger partial charge is 0.120 e. The first kappa shape index (κ1) is 12.7. The molecule has 1 aromatic carbocycles. The molecule has 0 amide bonds. The monoisotopic (exact) mass is 318 g/mol. The van der Waals surface area contributed by atoms with E-state index in [0.29, 0.717) is 5.92 Å². The Bertz CT molecular complexity index is 567. The van der Waals surface area contributed by atoms with Crippen LogP contribution in [0.4, 0.5) is 5.69 Å². The number of ether oxygens (including phenoxy) is 1. The van der Waals surface area contributed by atoms with Crippen molar-refractivity contribution in [2.24, 2.45) is 5.92 Å². The second kappa shape index (κ2) is 5.77. The minimum Gasteiger partial charge on any atom is -0.384 e. The van der Waals surface area contributed by atoms with Crippen LogP contribution >= 0.6 is 15.9 Å². The van der Waals surface area contributed by atoms with Crippen LogP contribution in [0.1, 0.15) is 12.8 Å². The Morgan fingerprint density at radius 2 is 2.16 bits per heavy atom. The summed E-state index contributed by atoms with van der Waals surface area (Å²) in [6, 6.07) is 10.1. The third-order valence-corrected chi connectivity index (χ3v) is 3.86. The lowest BCUT2D eigenvalue weighted by atomic mass is 10.0. The zero-order chi connectivity index (χ0) is 13.1. The summed E-state index contributed by atoms with van der Waals surface area (Å²) in [4.78, 5) is 4.39. The van der Waals surface area contributed by atoms with Crippen molar-refractivity contribution in [3.05, 3.63) is 34.9 Å². The van der Waals surface area contributed by atoms with Crippen LogP contribution in [0.15, 0.2) is 22.8 Å². The fourth-order valence-electron chi connectivity index (χ4n) is 2.30. The van der Waals surface area contributed by atoms with Crippen LogP contribution in [0.25, 0.3) is 10.9 Å². The van der Waals surface area contributed by atoms with Gasteiger partial charge in [-0.1, -0.05) is 6.07 Å². The molecule has 2 heterocycles. The summed E-state index contributed by atoms with van der Waals surface area (Å²) in [6.45, 7) is 2.76. The molecule has 1 N–H and O–H groups in total. The first-order valence-electron chi connectivity index (χ1n) is 6.52. The fourth-order valence-corrected chi connectivity index (χ4v) is 2.64. The molecular weight excluding hydrogens is 304 g/mol. The molecule has 3 nitrogen and oxygen atoms in total. The maximum atomic E-state index is 5.37. The van der Waals surface area contributed by atoms with Gasteiger partial charge in [0.1, 0.15) is 5.52 Å². The minimum absolute atomic E-state index is 0.701. The Hall–Kier alpha value is -1.31. The summed E-state index contributed by atoms with van der Waals surface area (Å²) in [5, 5.41) is 4.54. The Labute approximate surface area is 121 Å². The number of fused-ring (bicyclic) bond motifs is 1. The van der Waals surface area contributed by atoms with Crippen molar-refractivity contribution < 1.29 is 4.74 Å². The van der Waals surface area contributed by atoms with Gasteiger partial charge in [-0.2, -0.15) is 0 Å². The minimum atomic E-state index is 0.701. The van der Waals surface area contributed by atoms with E-state index in [1.807, 2.05) is 12.3 Å². The highest BCUT2D eigenvalue weighted by Crippen LogP contribution is 2.20. The quantitative estimate of drug-likeness (QED) is 0.941. The molecule has 1 aliphatic rings. The first-order valence-corrected chi connectivity index (χ1v) is 7.31. The van der Waals surface area contributed by atoms with Gasteiger partial charge in [-0.15, -0.1) is 0 Å². The van der Waals surface area contributed by atoms with Crippen molar-refractivity contribution in [3.63, 3.8) is 0 Å². The number of halogens is 1. The predicted octanol–water partition coefficient (Wildman–Crippen LogP) is 3.44. The SMILES string of the molecule is Brc1c#cc2ncc(NCC3CCOCC3)cc2c1. The molecule has 19 heavy (non-hydrogen) atoms. The number of pyridine rings is 1. The number of aromatic nitrogens is 1. The number of anilines is 1. The van der Waals surface area contributed by atoms with Gasteiger partial charge in [-0.25, -0.2) is 4.98 Å². The number of rotatable bonds is 3. The van der Waals surface area contributed by atoms with Gasteiger partial charge in [0.05, 0.1) is 16.4 Å². The van der Waals surface area contributed by atoms with Crippen LogP contribution in [0, 0.1) is 18.1 Å². The lowest BCUT2D eigenvalue weighted by Crippen LogP contribution is -2.22. The van der Waals surface area contributed by atoms with E-state index in [0.717, 1.165) is 53.7 Å². The van der Waals surface area contributed by atoms with Gasteiger partial charge in [0.25, 0.3) is 0 Å². The summed E-state index contributed by atoms with van der Waals surface area (Å²) in [7, 11) is 0. The van der Waals surface area contributed by atoms with E-state index in [1.165, 1.54) is 0 Å². The summed E-state index contributed by atoms with van der Waals surface area (Å²) in [5.41, 5.74) is 1.91. The number of nitrogens with zero attached hydrogens (tertiary/aromatic N) is 1. The van der Waals surface area contributed by atoms with Crippen molar-refractivity contribution in [1.29, 1.82) is 0 Å². The molecule has 1 fully saturated rings. The molecule has 1 saturated heterocycles. The molecule has 0 atom stereocenters. The second-order valence-corrected chi connectivity index (χ2v) is 5.70. The van der Waals surface area contributed by atoms with E-state index in [2.05, 4.69) is 44.4 Å². The highest BCUT2D eigenvalue weighted by molar-refractivity contribution is 9.10. The predicted molar refractivity (Wildman–Crippen MR) is 79.1 cm³/mol. The normalized spacial score (nSPS) is 16.3. The Morgan fingerprint density at radius 1 is 1.32 bits per heavy atom. The van der Waals surface area contributed by atoms with Crippen LogP contribution in [-0.2, 0) is 4.74 Å². The molecule has 0 aliphatic carbocycles. The van der Waals surface area contributed by atoms with E-state index in [-0.39, 0.29) is 0 Å². The van der Waals surface area contributed by atoms with E-state index >= 15 is 0 Å². The third-order valence-electron chi connectivity index (χ3n) is 3.44. The highest BCUT2D eigenvalue weighted by atomic mass is 79.9. The third kappa shape index (κ3) is 3.17. The topological polar surface area (TPSA) is 34.2 Å². The summed E-state index contributed by atoms with van der Waals surface area (Å²) >= 11 is 3.41. The molecule has 1 aliphatic heterocycles. The Kier molecular flexibility index (Phi) is 3.86. The summed E-state index contributed by atoms with van der Waals surface area (Å²) in [6.07, 6.45) is 4.14. The Morgan fingerprint density at radius 3 is 3.00 bits per heavy atom. The van der Waals surface area contributed by atoms with Crippen molar-refractivity contribution in [2.45, 2.75) is 12.8 Å². The van der Waals surface area contributed by atoms with Crippen LogP contribution in [-0.4, -0.2) is 24.7 Å². The Balaban J connectivity index is 1.70. The van der Waals surface area contributed by atoms with Gasteiger partial charge >= 0.3 is 0 Å². The van der Waals surface area contributed by atoms with Gasteiger partial charge in [-0.3, -0.25) is 0 Å². The number of nitrogens with one attached hydrogen (secondary N) is 1. The molecule has 2 aromatic rings. The largest absolute Gasteiger partial charge is 0.384 e. The molecule has 0 unspecified atom stereocenters. The van der Waals surface area contributed by atoms with Crippen molar-refractivity contribution in [1.82, 2.24) is 4.98 Å². The van der Waals surface area contributed by atoms with Gasteiger partial charge in [-0.05, 0) is 52.9 Å². The van der Waals surface area contributed by atoms with Crippen LogP contribution in [0.5, 0.6) is 0 Å². The van der Waals surface area contributed by atoms with Crippen molar-refractivity contribution >= 4 is 32.5 Å². The van der Waals surface area contributed by atoms with E-state index in [4.69, 9.17) is 4.74 Å². The van der Waals surface area contributed by atoms with Gasteiger partial charge < -0.3 is 10.1 Å². The van der Waals surface area contributed by atoms with Crippen LogP contribution < -0.4 is 5.32 Å². The maximum Gasteiger partial charge on any atom is 0.120 e. The molecule has 4 heteroatoms. The van der Waals surface area contributed by atoms with Gasteiger partial charge in [0.15, 0.2) is 0 Å². The average molecular weight is 319 g/mol. The highest BCUT2D eigenvalue weighted by Gasteiger charge is 2.13.